The van der Waals surface area contributed by atoms with Crippen molar-refractivity contribution in [2.75, 3.05) is 0 Å². The molecule has 0 radical (unpaired) electrons. The van der Waals surface area contributed by atoms with Crippen LogP contribution in [0.25, 0.3) is 5.65 Å². The Kier molecular flexibility index (Phi) is 3.12. The van der Waals surface area contributed by atoms with Crippen molar-refractivity contribution in [3.63, 3.8) is 0 Å². The topological polar surface area (TPSA) is 95.9 Å². The molecule has 0 saturated carbocycles. The highest BCUT2D eigenvalue weighted by Gasteiger charge is 2.06. The summed E-state index contributed by atoms with van der Waals surface area (Å²) in [5, 5.41) is 8.81. The lowest BCUT2D eigenvalue weighted by Gasteiger charge is -2.03. The van der Waals surface area contributed by atoms with Crippen LogP contribution in [-0.4, -0.2) is 18.9 Å². The van der Waals surface area contributed by atoms with Gasteiger partial charge in [-0.15, -0.1) is 0 Å². The summed E-state index contributed by atoms with van der Waals surface area (Å²) in [5.74, 6) is 0. The van der Waals surface area contributed by atoms with Crippen molar-refractivity contribution in [2.45, 2.75) is 13.0 Å². The van der Waals surface area contributed by atoms with Gasteiger partial charge in [-0.25, -0.2) is 9.78 Å². The second-order valence-corrected chi connectivity index (χ2v) is 4.56. The molecule has 0 aliphatic rings. The zero-order chi connectivity index (χ0) is 14.8. The number of H-pyrrole nitrogens is 1. The van der Waals surface area contributed by atoms with Crippen LogP contribution in [0.2, 0.25) is 0 Å². The predicted octanol–water partition coefficient (Wildman–Crippen LogP) is 0.299. The Morgan fingerprint density at radius 1 is 1.29 bits per heavy atom. The molecular weight excluding hydrogens is 270 g/mol. The van der Waals surface area contributed by atoms with E-state index in [1.807, 2.05) is 35.0 Å². The highest BCUT2D eigenvalue weighted by molar-refractivity contribution is 5.39. The van der Waals surface area contributed by atoms with E-state index in [4.69, 9.17) is 5.26 Å². The molecule has 0 aliphatic heterocycles. The van der Waals surface area contributed by atoms with Gasteiger partial charge in [0.05, 0.1) is 5.69 Å². The zero-order valence-corrected chi connectivity index (χ0v) is 11.0. The number of rotatable bonds is 3. The van der Waals surface area contributed by atoms with E-state index in [9.17, 15) is 9.59 Å². The number of aromatic amines is 1. The summed E-state index contributed by atoms with van der Waals surface area (Å²) in [4.78, 5) is 29.5. The lowest BCUT2D eigenvalue weighted by atomic mass is 10.3. The summed E-state index contributed by atoms with van der Waals surface area (Å²) in [6.45, 7) is 0.341. The summed E-state index contributed by atoms with van der Waals surface area (Å²) in [7, 11) is 0. The van der Waals surface area contributed by atoms with Gasteiger partial charge in [-0.1, -0.05) is 6.07 Å². The van der Waals surface area contributed by atoms with Crippen LogP contribution in [0.3, 0.4) is 0 Å². The summed E-state index contributed by atoms with van der Waals surface area (Å²) < 4.78 is 3.20. The molecule has 7 heteroatoms. The molecule has 3 aromatic heterocycles. The first-order valence-electron chi connectivity index (χ1n) is 6.34. The largest absolute Gasteiger partial charge is 0.328 e. The van der Waals surface area contributed by atoms with E-state index in [0.29, 0.717) is 13.0 Å². The van der Waals surface area contributed by atoms with Crippen molar-refractivity contribution < 1.29 is 0 Å². The summed E-state index contributed by atoms with van der Waals surface area (Å²) in [5.41, 5.74) is 0.399. The third-order valence-corrected chi connectivity index (χ3v) is 3.15. The van der Waals surface area contributed by atoms with Gasteiger partial charge >= 0.3 is 5.69 Å². The number of aryl methyl sites for hydroxylation is 2. The Bertz CT molecular complexity index is 925. The van der Waals surface area contributed by atoms with Gasteiger partial charge in [0.25, 0.3) is 5.56 Å². The van der Waals surface area contributed by atoms with Crippen molar-refractivity contribution in [2.24, 2.45) is 0 Å². The number of pyridine rings is 1. The van der Waals surface area contributed by atoms with Crippen molar-refractivity contribution in [3.05, 3.63) is 68.9 Å². The van der Waals surface area contributed by atoms with E-state index >= 15 is 0 Å². The van der Waals surface area contributed by atoms with E-state index in [1.54, 1.807) is 6.07 Å². The maximum Gasteiger partial charge on any atom is 0.328 e. The van der Waals surface area contributed by atoms with Crippen LogP contribution < -0.4 is 11.2 Å². The Morgan fingerprint density at radius 2 is 2.14 bits per heavy atom. The number of hydrogen-bond acceptors (Lipinski definition) is 4. The second kappa shape index (κ2) is 5.09. The molecule has 0 aliphatic carbocycles. The molecule has 104 valence electrons. The number of nitrogens with zero attached hydrogens (tertiary/aromatic N) is 4. The fourth-order valence-electron chi connectivity index (χ4n) is 2.10. The van der Waals surface area contributed by atoms with Gasteiger partial charge in [-0.2, -0.15) is 5.26 Å². The van der Waals surface area contributed by atoms with Crippen LogP contribution >= 0.6 is 0 Å². The number of hydrogen-bond donors (Lipinski definition) is 1. The maximum atomic E-state index is 11.7. The molecule has 0 amide bonds. The minimum Gasteiger partial charge on any atom is -0.307 e. The molecule has 0 atom stereocenters. The fourth-order valence-corrected chi connectivity index (χ4v) is 2.10. The maximum absolute atomic E-state index is 11.7. The first-order valence-corrected chi connectivity index (χ1v) is 6.34. The molecule has 1 N–H and O–H groups in total. The van der Waals surface area contributed by atoms with Gasteiger partial charge in [-0.3, -0.25) is 14.3 Å². The van der Waals surface area contributed by atoms with E-state index in [-0.39, 0.29) is 5.56 Å². The van der Waals surface area contributed by atoms with Crippen LogP contribution in [0, 0.1) is 11.3 Å². The SMILES string of the molecule is N#Cc1cn(CCc2cn3ccccc3n2)c(=O)[nH]c1=O. The summed E-state index contributed by atoms with van der Waals surface area (Å²) in [6.07, 6.45) is 5.58. The molecule has 0 spiro atoms. The number of fused-ring (bicyclic) bond motifs is 1. The average molecular weight is 281 g/mol. The van der Waals surface area contributed by atoms with Crippen LogP contribution in [0.15, 0.2) is 46.4 Å². The van der Waals surface area contributed by atoms with Crippen molar-refractivity contribution in [3.8, 4) is 6.07 Å². The predicted molar refractivity (Wildman–Crippen MR) is 74.9 cm³/mol. The first kappa shape index (κ1) is 12.9. The number of imidazole rings is 1. The minimum atomic E-state index is -0.661. The lowest BCUT2D eigenvalue weighted by molar-refractivity contribution is 0.637. The normalized spacial score (nSPS) is 10.6. The molecule has 0 saturated heterocycles. The van der Waals surface area contributed by atoms with Gasteiger partial charge < -0.3 is 4.40 Å². The Hall–Kier alpha value is -3.14. The average Bonchev–Trinajstić information content (AvgIpc) is 2.89. The zero-order valence-electron chi connectivity index (χ0n) is 11.0. The van der Waals surface area contributed by atoms with Gasteiger partial charge in [0.15, 0.2) is 0 Å². The van der Waals surface area contributed by atoms with Crippen LogP contribution in [-0.2, 0) is 13.0 Å². The van der Waals surface area contributed by atoms with Crippen molar-refractivity contribution >= 4 is 5.65 Å². The Balaban J connectivity index is 1.86. The van der Waals surface area contributed by atoms with E-state index in [0.717, 1.165) is 11.3 Å². The molecule has 0 aromatic carbocycles. The van der Waals surface area contributed by atoms with Crippen LogP contribution in [0.1, 0.15) is 11.3 Å². The second-order valence-electron chi connectivity index (χ2n) is 4.56. The van der Waals surface area contributed by atoms with Gasteiger partial charge in [-0.05, 0) is 12.1 Å². The van der Waals surface area contributed by atoms with Crippen LogP contribution in [0.5, 0.6) is 0 Å². The summed E-state index contributed by atoms with van der Waals surface area (Å²) >= 11 is 0. The molecule has 3 heterocycles. The Morgan fingerprint density at radius 3 is 2.90 bits per heavy atom. The number of aromatic nitrogens is 4. The third kappa shape index (κ3) is 2.47. The van der Waals surface area contributed by atoms with Crippen molar-refractivity contribution in [1.29, 1.82) is 5.26 Å². The van der Waals surface area contributed by atoms with Crippen molar-refractivity contribution in [1.82, 2.24) is 18.9 Å². The molecule has 0 fully saturated rings. The lowest BCUT2D eigenvalue weighted by Crippen LogP contribution is -2.31. The first-order chi connectivity index (χ1) is 10.2. The van der Waals surface area contributed by atoms with Gasteiger partial charge in [0, 0.05) is 31.6 Å². The molecule has 3 aromatic rings. The number of nitriles is 1. The molecule has 21 heavy (non-hydrogen) atoms. The standard InChI is InChI=1S/C14H11N5O2/c15-7-10-8-19(14(21)17-13(10)20)6-4-11-9-18-5-2-1-3-12(18)16-11/h1-3,5,8-9H,4,6H2,(H,17,20,21). The molecule has 3 rings (SSSR count). The molecule has 7 nitrogen and oxygen atoms in total. The third-order valence-electron chi connectivity index (χ3n) is 3.15. The number of nitrogens with one attached hydrogen (secondary N) is 1. The highest BCUT2D eigenvalue weighted by Crippen LogP contribution is 2.05. The fraction of sp³-hybridized carbons (Fsp3) is 0.143. The quantitative estimate of drug-likeness (QED) is 0.746. The van der Waals surface area contributed by atoms with E-state index in [1.165, 1.54) is 10.8 Å². The van der Waals surface area contributed by atoms with E-state index < -0.39 is 11.2 Å². The summed E-state index contributed by atoms with van der Waals surface area (Å²) in [6, 6.07) is 7.46. The monoisotopic (exact) mass is 281 g/mol. The van der Waals surface area contributed by atoms with E-state index in [2.05, 4.69) is 9.97 Å². The molecular formula is C14H11N5O2. The highest BCUT2D eigenvalue weighted by atomic mass is 16.2. The smallest absolute Gasteiger partial charge is 0.307 e. The van der Waals surface area contributed by atoms with Gasteiger partial charge in [0.2, 0.25) is 0 Å². The minimum absolute atomic E-state index is 0.0791. The Labute approximate surface area is 118 Å². The van der Waals surface area contributed by atoms with Crippen LogP contribution in [0.4, 0.5) is 0 Å². The molecule has 0 unspecified atom stereocenters. The van der Waals surface area contributed by atoms with Gasteiger partial charge in [0.1, 0.15) is 17.3 Å². The molecule has 0 bridgehead atoms.